The monoisotopic (exact) mass is 483 g/mol. The summed E-state index contributed by atoms with van der Waals surface area (Å²) in [6.45, 7) is 15.9. The van der Waals surface area contributed by atoms with Crippen molar-refractivity contribution in [1.82, 2.24) is 0 Å². The van der Waals surface area contributed by atoms with Crippen LogP contribution in [0.4, 0.5) is 0 Å². The molecule has 0 aromatic carbocycles. The Balaban J connectivity index is 1.62. The molecule has 0 saturated heterocycles. The van der Waals surface area contributed by atoms with Crippen molar-refractivity contribution < 1.29 is 10.0 Å². The van der Waals surface area contributed by atoms with Gasteiger partial charge in [-0.15, -0.1) is 6.42 Å². The number of fused-ring (bicyclic) bond motifs is 5. The fraction of sp³-hybridized carbons (Fsp3) is 0.871. The van der Waals surface area contributed by atoms with Gasteiger partial charge < -0.3 is 5.11 Å². The Kier molecular flexibility index (Phi) is 6.57. The van der Waals surface area contributed by atoms with Gasteiger partial charge in [-0.25, -0.2) is 0 Å². The van der Waals surface area contributed by atoms with E-state index in [0.29, 0.717) is 29.6 Å². The van der Waals surface area contributed by atoms with Crippen LogP contribution in [-0.4, -0.2) is 21.7 Å². The molecule has 0 aliphatic heterocycles. The molecule has 4 aliphatic rings. The smallest absolute Gasteiger partial charge is 0.232 e. The molecule has 3 saturated carbocycles. The second kappa shape index (κ2) is 8.61. The van der Waals surface area contributed by atoms with Crippen LogP contribution in [0.3, 0.4) is 0 Å². The summed E-state index contributed by atoms with van der Waals surface area (Å²) in [4.78, 5) is 11.8. The van der Waals surface area contributed by atoms with Crippen LogP contribution in [0.15, 0.2) is 11.6 Å². The van der Waals surface area contributed by atoms with Gasteiger partial charge in [0.05, 0.1) is 5.60 Å². The van der Waals surface area contributed by atoms with Crippen LogP contribution in [0.1, 0.15) is 113 Å². The molecule has 0 aromatic heterocycles. The average Bonchev–Trinajstić information content (AvgIpc) is 3.04. The summed E-state index contributed by atoms with van der Waals surface area (Å²) in [6.07, 6.45) is 19.1. The Morgan fingerprint density at radius 1 is 1.17 bits per heavy atom. The lowest BCUT2D eigenvalue weighted by molar-refractivity contribution is -0.539. The molecule has 0 amide bonds. The highest BCUT2D eigenvalue weighted by molar-refractivity contribution is 5.36. The summed E-state index contributed by atoms with van der Waals surface area (Å²) in [7, 11) is 0. The molecule has 0 aromatic rings. The van der Waals surface area contributed by atoms with E-state index in [2.05, 4.69) is 39.7 Å². The zero-order valence-electron chi connectivity index (χ0n) is 23.3. The molecule has 35 heavy (non-hydrogen) atoms. The van der Waals surface area contributed by atoms with Crippen LogP contribution in [0.2, 0.25) is 0 Å². The SMILES string of the molecule is C#C[C@@]1(C)C2=CCC3[C@@](C)(CC[C@]4(C)C([C@H](C)CCCC(C)(C)O)CC[C@@]34C)C2CC[C@@H]1[N+](=O)[O-]. The van der Waals surface area contributed by atoms with Gasteiger partial charge >= 0.3 is 0 Å². The number of nitrogens with zero attached hydrogens (tertiary/aromatic N) is 1. The van der Waals surface area contributed by atoms with Crippen LogP contribution in [0, 0.1) is 67.8 Å². The van der Waals surface area contributed by atoms with Gasteiger partial charge in [0.15, 0.2) is 0 Å². The van der Waals surface area contributed by atoms with E-state index in [0.717, 1.165) is 31.6 Å². The second-order valence-electron chi connectivity index (χ2n) is 14.4. The molecule has 3 unspecified atom stereocenters. The van der Waals surface area contributed by atoms with E-state index in [-0.39, 0.29) is 15.8 Å². The first-order chi connectivity index (χ1) is 16.1. The predicted molar refractivity (Wildman–Crippen MR) is 142 cm³/mol. The van der Waals surface area contributed by atoms with Gasteiger partial charge in [-0.05, 0) is 111 Å². The third-order valence-corrected chi connectivity index (χ3v) is 12.3. The zero-order valence-corrected chi connectivity index (χ0v) is 23.3. The molecule has 4 nitrogen and oxygen atoms in total. The first kappa shape index (κ1) is 26.7. The fourth-order valence-corrected chi connectivity index (χ4v) is 9.98. The minimum atomic E-state index is -0.769. The molecule has 196 valence electrons. The first-order valence-electron chi connectivity index (χ1n) is 14.2. The molecule has 0 spiro atoms. The third kappa shape index (κ3) is 3.91. The highest BCUT2D eigenvalue weighted by atomic mass is 16.6. The van der Waals surface area contributed by atoms with Crippen molar-refractivity contribution in [3.05, 3.63) is 21.8 Å². The largest absolute Gasteiger partial charge is 0.390 e. The molecule has 4 rings (SSSR count). The Morgan fingerprint density at radius 3 is 2.46 bits per heavy atom. The van der Waals surface area contributed by atoms with Gasteiger partial charge in [-0.1, -0.05) is 52.5 Å². The molecule has 4 aliphatic carbocycles. The van der Waals surface area contributed by atoms with Crippen molar-refractivity contribution in [2.45, 2.75) is 124 Å². The molecule has 0 heterocycles. The zero-order chi connectivity index (χ0) is 26.0. The molecule has 4 heteroatoms. The van der Waals surface area contributed by atoms with Crippen LogP contribution < -0.4 is 0 Å². The number of terminal acetylenes is 1. The minimum absolute atomic E-state index is 0.120. The van der Waals surface area contributed by atoms with E-state index in [9.17, 15) is 15.2 Å². The van der Waals surface area contributed by atoms with Gasteiger partial charge in [0.1, 0.15) is 5.41 Å². The van der Waals surface area contributed by atoms with E-state index >= 15 is 0 Å². The highest BCUT2D eigenvalue weighted by Gasteiger charge is 2.68. The maximum Gasteiger partial charge on any atom is 0.232 e. The highest BCUT2D eigenvalue weighted by Crippen LogP contribution is 2.75. The van der Waals surface area contributed by atoms with Crippen molar-refractivity contribution in [2.75, 3.05) is 0 Å². The number of nitro groups is 1. The fourth-order valence-electron chi connectivity index (χ4n) is 9.98. The number of aliphatic hydroxyl groups is 1. The van der Waals surface area contributed by atoms with E-state index < -0.39 is 17.1 Å². The van der Waals surface area contributed by atoms with Gasteiger partial charge in [-0.2, -0.15) is 0 Å². The lowest BCUT2D eigenvalue weighted by Crippen LogP contribution is -2.59. The summed E-state index contributed by atoms with van der Waals surface area (Å²) in [5.74, 6) is 5.27. The van der Waals surface area contributed by atoms with E-state index in [1.54, 1.807) is 0 Å². The quantitative estimate of drug-likeness (QED) is 0.185. The van der Waals surface area contributed by atoms with Crippen molar-refractivity contribution in [2.24, 2.45) is 45.3 Å². The molecular weight excluding hydrogens is 434 g/mol. The van der Waals surface area contributed by atoms with Crippen molar-refractivity contribution in [3.8, 4) is 12.3 Å². The summed E-state index contributed by atoms with van der Waals surface area (Å²) >= 11 is 0. The maximum atomic E-state index is 11.9. The average molecular weight is 484 g/mol. The van der Waals surface area contributed by atoms with Crippen molar-refractivity contribution in [3.63, 3.8) is 0 Å². The molecular formula is C31H49NO3. The molecule has 0 radical (unpaired) electrons. The standard InChI is InChI=1S/C31H49NO3/c1-9-28(5)23-12-14-25-29(6,24(23)13-15-26(28)32(34)35)19-20-30(7)22(16-18-31(25,30)8)21(2)11-10-17-27(3,4)33/h1,12,21-22,24-26,33H,10-11,13-20H2,2-8H3/t21-,22?,24?,25?,26+,28+,29+,30-,31+/m1/s1. The number of allylic oxidation sites excluding steroid dienone is 1. The predicted octanol–water partition coefficient (Wildman–Crippen LogP) is 7.43. The van der Waals surface area contributed by atoms with Gasteiger partial charge in [0, 0.05) is 11.3 Å². The molecule has 3 fully saturated rings. The summed E-state index contributed by atoms with van der Waals surface area (Å²) in [5.41, 5.74) is 0.627. The van der Waals surface area contributed by atoms with Crippen molar-refractivity contribution >= 4 is 0 Å². The van der Waals surface area contributed by atoms with Gasteiger partial charge in [-0.3, -0.25) is 10.1 Å². The number of rotatable bonds is 6. The lowest BCUT2D eigenvalue weighted by atomic mass is 9.39. The molecule has 0 bridgehead atoms. The molecule has 9 atom stereocenters. The second-order valence-corrected chi connectivity index (χ2v) is 14.4. The normalized spacial score (nSPS) is 46.0. The van der Waals surface area contributed by atoms with E-state index in [1.807, 2.05) is 20.8 Å². The summed E-state index contributed by atoms with van der Waals surface area (Å²) in [6, 6.07) is -0.666. The first-order valence-corrected chi connectivity index (χ1v) is 14.2. The van der Waals surface area contributed by atoms with Crippen molar-refractivity contribution in [1.29, 1.82) is 0 Å². The Labute approximate surface area is 213 Å². The summed E-state index contributed by atoms with van der Waals surface area (Å²) in [5, 5.41) is 22.1. The summed E-state index contributed by atoms with van der Waals surface area (Å²) < 4.78 is 0. The van der Waals surface area contributed by atoms with E-state index in [4.69, 9.17) is 6.42 Å². The van der Waals surface area contributed by atoms with Crippen LogP contribution in [0.5, 0.6) is 0 Å². The van der Waals surface area contributed by atoms with Crippen LogP contribution in [-0.2, 0) is 0 Å². The lowest BCUT2D eigenvalue weighted by Gasteiger charge is -2.65. The van der Waals surface area contributed by atoms with Crippen LogP contribution in [0.25, 0.3) is 0 Å². The topological polar surface area (TPSA) is 63.4 Å². The Morgan fingerprint density at radius 2 is 1.86 bits per heavy atom. The van der Waals surface area contributed by atoms with Gasteiger partial charge in [0.2, 0.25) is 6.04 Å². The minimum Gasteiger partial charge on any atom is -0.390 e. The number of hydrogen-bond acceptors (Lipinski definition) is 3. The van der Waals surface area contributed by atoms with Crippen LogP contribution >= 0.6 is 0 Å². The Bertz CT molecular complexity index is 926. The molecule has 1 N–H and O–H groups in total. The maximum absolute atomic E-state index is 11.9. The van der Waals surface area contributed by atoms with Gasteiger partial charge in [0.25, 0.3) is 0 Å². The Hall–Kier alpha value is -1.34. The number of hydrogen-bond donors (Lipinski definition) is 1. The third-order valence-electron chi connectivity index (χ3n) is 12.3. The van der Waals surface area contributed by atoms with E-state index in [1.165, 1.54) is 37.7 Å².